The summed E-state index contributed by atoms with van der Waals surface area (Å²) < 4.78 is 15.5. The van der Waals surface area contributed by atoms with Gasteiger partial charge in [0.25, 0.3) is 11.8 Å². The van der Waals surface area contributed by atoms with E-state index in [-0.39, 0.29) is 34.4 Å². The Labute approximate surface area is 175 Å². The predicted molar refractivity (Wildman–Crippen MR) is 108 cm³/mol. The topological polar surface area (TPSA) is 141 Å². The van der Waals surface area contributed by atoms with Crippen LogP contribution in [0.4, 0.5) is 5.00 Å². The Morgan fingerprint density at radius 3 is 2.73 bits per heavy atom. The maximum atomic E-state index is 12.7. The number of rotatable bonds is 6. The van der Waals surface area contributed by atoms with Gasteiger partial charge >= 0.3 is 5.97 Å². The van der Waals surface area contributed by atoms with Crippen molar-refractivity contribution in [3.63, 3.8) is 0 Å². The number of thiophene rings is 1. The molecule has 30 heavy (non-hydrogen) atoms. The van der Waals surface area contributed by atoms with E-state index in [2.05, 4.69) is 5.32 Å². The zero-order valence-corrected chi connectivity index (χ0v) is 16.9. The average Bonchev–Trinajstić information content (AvgIpc) is 3.29. The molecule has 154 valence electrons. The normalized spacial score (nSPS) is 12.2. The Morgan fingerprint density at radius 1 is 1.33 bits per heavy atom. The summed E-state index contributed by atoms with van der Waals surface area (Å²) in [4.78, 5) is 36.8. The second-order valence-corrected chi connectivity index (χ2v) is 7.10. The van der Waals surface area contributed by atoms with E-state index >= 15 is 0 Å². The van der Waals surface area contributed by atoms with Gasteiger partial charge in [-0.3, -0.25) is 9.59 Å². The van der Waals surface area contributed by atoms with E-state index in [0.717, 1.165) is 11.3 Å². The summed E-state index contributed by atoms with van der Waals surface area (Å²) in [5.74, 6) is -1.11. The predicted octanol–water partition coefficient (Wildman–Crippen LogP) is 2.61. The Balaban J connectivity index is 1.92. The number of nitriles is 1. The number of esters is 1. The molecule has 2 heterocycles. The van der Waals surface area contributed by atoms with E-state index in [4.69, 9.17) is 19.9 Å². The van der Waals surface area contributed by atoms with Crippen molar-refractivity contribution in [3.8, 4) is 17.6 Å². The molecule has 0 spiro atoms. The molecule has 1 aliphatic heterocycles. The van der Waals surface area contributed by atoms with E-state index < -0.39 is 17.8 Å². The lowest BCUT2D eigenvalue weighted by atomic mass is 10.1. The summed E-state index contributed by atoms with van der Waals surface area (Å²) in [5.41, 5.74) is 6.03. The van der Waals surface area contributed by atoms with E-state index in [0.29, 0.717) is 22.6 Å². The molecule has 0 atom stereocenters. The molecule has 0 bridgehead atoms. The van der Waals surface area contributed by atoms with Crippen LogP contribution in [0.2, 0.25) is 0 Å². The van der Waals surface area contributed by atoms with Gasteiger partial charge in [0, 0.05) is 0 Å². The minimum atomic E-state index is -0.752. The fourth-order valence-corrected chi connectivity index (χ4v) is 3.82. The summed E-state index contributed by atoms with van der Waals surface area (Å²) in [6.45, 7) is 3.38. The molecular weight excluding hydrogens is 410 g/mol. The van der Waals surface area contributed by atoms with Crippen molar-refractivity contribution >= 4 is 40.2 Å². The molecule has 10 heteroatoms. The molecule has 0 saturated carbocycles. The summed E-state index contributed by atoms with van der Waals surface area (Å²) in [6.07, 6.45) is 1.37. The molecule has 0 fully saturated rings. The van der Waals surface area contributed by atoms with E-state index in [1.165, 1.54) is 13.0 Å². The van der Waals surface area contributed by atoms with Gasteiger partial charge in [-0.25, -0.2) is 4.79 Å². The first-order valence-electron chi connectivity index (χ1n) is 8.78. The Hall–Kier alpha value is -3.84. The van der Waals surface area contributed by atoms with E-state index in [1.807, 2.05) is 6.07 Å². The first-order chi connectivity index (χ1) is 14.3. The number of hydrogen-bond donors (Lipinski definition) is 2. The number of fused-ring (bicyclic) bond motifs is 1. The molecule has 0 radical (unpaired) electrons. The minimum Gasteiger partial charge on any atom is -0.462 e. The van der Waals surface area contributed by atoms with Crippen molar-refractivity contribution in [2.75, 3.05) is 18.7 Å². The number of nitrogens with one attached hydrogen (secondary N) is 1. The van der Waals surface area contributed by atoms with E-state index in [1.54, 1.807) is 25.1 Å². The number of anilines is 1. The quantitative estimate of drug-likeness (QED) is 0.410. The molecule has 0 unspecified atom stereocenters. The van der Waals surface area contributed by atoms with Crippen LogP contribution in [0, 0.1) is 18.3 Å². The van der Waals surface area contributed by atoms with Gasteiger partial charge < -0.3 is 25.3 Å². The van der Waals surface area contributed by atoms with Crippen molar-refractivity contribution in [1.29, 1.82) is 5.26 Å². The molecule has 2 aromatic rings. The van der Waals surface area contributed by atoms with Gasteiger partial charge in [-0.05, 0) is 43.2 Å². The van der Waals surface area contributed by atoms with Crippen molar-refractivity contribution in [3.05, 3.63) is 45.3 Å². The van der Waals surface area contributed by atoms with Crippen LogP contribution >= 0.6 is 11.3 Å². The van der Waals surface area contributed by atoms with Crippen molar-refractivity contribution in [2.45, 2.75) is 13.8 Å². The van der Waals surface area contributed by atoms with Crippen molar-refractivity contribution in [1.82, 2.24) is 0 Å². The highest BCUT2D eigenvalue weighted by Gasteiger charge is 2.26. The molecule has 1 aromatic heterocycles. The highest BCUT2D eigenvalue weighted by molar-refractivity contribution is 7.18. The lowest BCUT2D eigenvalue weighted by molar-refractivity contribution is -0.112. The van der Waals surface area contributed by atoms with Crippen LogP contribution in [0.1, 0.15) is 38.1 Å². The summed E-state index contributed by atoms with van der Waals surface area (Å²) in [7, 11) is 0. The summed E-state index contributed by atoms with van der Waals surface area (Å²) in [5, 5.41) is 12.0. The standard InChI is InChI=1S/C20H17N3O6S/c1-3-27-20(26)15-10(2)16(17(22)24)30-19(15)23-18(25)12(8-21)6-11-4-5-13-14(7-11)29-9-28-13/h4-7H,3,9H2,1-2H3,(H2,22,24)(H,23,25)/b12-6-. The third-order valence-corrected chi connectivity index (χ3v) is 5.37. The first kappa shape index (κ1) is 20.9. The van der Waals surface area contributed by atoms with Gasteiger partial charge in [-0.15, -0.1) is 11.3 Å². The van der Waals surface area contributed by atoms with Crippen LogP contribution in [0.15, 0.2) is 23.8 Å². The van der Waals surface area contributed by atoms with Crippen molar-refractivity contribution < 1.29 is 28.6 Å². The largest absolute Gasteiger partial charge is 0.462 e. The van der Waals surface area contributed by atoms with Gasteiger partial charge in [0.05, 0.1) is 17.0 Å². The Kier molecular flexibility index (Phi) is 6.03. The van der Waals surface area contributed by atoms with Gasteiger partial charge in [0.15, 0.2) is 11.5 Å². The SMILES string of the molecule is CCOC(=O)c1c(NC(=O)/C(C#N)=C\c2ccc3c(c2)OCO3)sc(C(N)=O)c1C. The fourth-order valence-electron chi connectivity index (χ4n) is 2.77. The number of ether oxygens (including phenoxy) is 3. The summed E-state index contributed by atoms with van der Waals surface area (Å²) in [6, 6.07) is 6.80. The van der Waals surface area contributed by atoms with Crippen LogP contribution in [0.25, 0.3) is 6.08 Å². The lowest BCUT2D eigenvalue weighted by Crippen LogP contribution is -2.16. The minimum absolute atomic E-state index is 0.0318. The number of nitrogens with two attached hydrogens (primary N) is 1. The third kappa shape index (κ3) is 4.11. The highest BCUT2D eigenvalue weighted by atomic mass is 32.1. The van der Waals surface area contributed by atoms with E-state index in [9.17, 15) is 19.6 Å². The third-order valence-electron chi connectivity index (χ3n) is 4.15. The molecule has 0 saturated heterocycles. The van der Waals surface area contributed by atoms with Crippen molar-refractivity contribution in [2.24, 2.45) is 5.73 Å². The number of benzene rings is 1. The molecule has 1 aromatic carbocycles. The molecular formula is C20H17N3O6S. The second kappa shape index (κ2) is 8.67. The highest BCUT2D eigenvalue weighted by Crippen LogP contribution is 2.35. The molecule has 1 aliphatic rings. The first-order valence-corrected chi connectivity index (χ1v) is 9.60. The maximum absolute atomic E-state index is 12.7. The Morgan fingerprint density at radius 2 is 2.07 bits per heavy atom. The second-order valence-electron chi connectivity index (χ2n) is 6.08. The van der Waals surface area contributed by atoms with Crippen LogP contribution in [0.3, 0.4) is 0 Å². The van der Waals surface area contributed by atoms with Crippen LogP contribution < -0.4 is 20.5 Å². The monoisotopic (exact) mass is 427 g/mol. The van der Waals surface area contributed by atoms with Crippen LogP contribution in [-0.2, 0) is 9.53 Å². The van der Waals surface area contributed by atoms with Gasteiger partial charge in [-0.1, -0.05) is 6.07 Å². The van der Waals surface area contributed by atoms with Gasteiger partial charge in [0.2, 0.25) is 6.79 Å². The maximum Gasteiger partial charge on any atom is 0.341 e. The zero-order valence-electron chi connectivity index (χ0n) is 16.1. The number of nitrogens with zero attached hydrogens (tertiary/aromatic N) is 1. The summed E-state index contributed by atoms with van der Waals surface area (Å²) >= 11 is 0.847. The molecule has 2 amide bonds. The van der Waals surface area contributed by atoms with Gasteiger partial charge in [0.1, 0.15) is 16.6 Å². The number of hydrogen-bond acceptors (Lipinski definition) is 8. The molecule has 3 N–H and O–H groups in total. The zero-order chi connectivity index (χ0) is 21.8. The Bertz CT molecular complexity index is 1110. The lowest BCUT2D eigenvalue weighted by Gasteiger charge is -2.07. The average molecular weight is 427 g/mol. The number of carbonyl (C=O) groups excluding carboxylic acids is 3. The molecule has 9 nitrogen and oxygen atoms in total. The number of carbonyl (C=O) groups is 3. The molecule has 3 rings (SSSR count). The van der Waals surface area contributed by atoms with Gasteiger partial charge in [-0.2, -0.15) is 5.26 Å². The van der Waals surface area contributed by atoms with Crippen LogP contribution in [-0.4, -0.2) is 31.2 Å². The fraction of sp³-hybridized carbons (Fsp3) is 0.200. The van der Waals surface area contributed by atoms with Crippen LogP contribution in [0.5, 0.6) is 11.5 Å². The number of amides is 2. The smallest absolute Gasteiger partial charge is 0.341 e. The molecule has 0 aliphatic carbocycles. The number of primary amides is 1.